The van der Waals surface area contributed by atoms with Gasteiger partial charge in [0.25, 0.3) is 0 Å². The Morgan fingerprint density at radius 3 is 2.50 bits per heavy atom. The standard InChI is InChI=1S/C15H25N3/c1-7-10-18(15(3,4)5)14-9-8-13(11-16-6)12(2)17-14/h7-9,16H,1,10-11H2,2-6H3. The van der Waals surface area contributed by atoms with Crippen LogP contribution in [0.3, 0.4) is 0 Å². The van der Waals surface area contributed by atoms with E-state index < -0.39 is 0 Å². The lowest BCUT2D eigenvalue weighted by Crippen LogP contribution is -2.42. The molecule has 0 spiro atoms. The van der Waals surface area contributed by atoms with Crippen molar-refractivity contribution in [3.05, 3.63) is 36.0 Å². The first kappa shape index (κ1) is 14.7. The lowest BCUT2D eigenvalue weighted by atomic mass is 10.1. The number of aromatic nitrogens is 1. The third-order valence-electron chi connectivity index (χ3n) is 2.95. The van der Waals surface area contributed by atoms with Gasteiger partial charge in [0.2, 0.25) is 0 Å². The Labute approximate surface area is 111 Å². The third kappa shape index (κ3) is 3.57. The molecule has 0 radical (unpaired) electrons. The average Bonchev–Trinajstić information content (AvgIpc) is 2.27. The molecule has 0 aliphatic rings. The van der Waals surface area contributed by atoms with E-state index in [4.69, 9.17) is 4.98 Å². The third-order valence-corrected chi connectivity index (χ3v) is 2.95. The fourth-order valence-electron chi connectivity index (χ4n) is 1.94. The van der Waals surface area contributed by atoms with Crippen molar-refractivity contribution in [2.75, 3.05) is 18.5 Å². The van der Waals surface area contributed by atoms with Gasteiger partial charge in [-0.1, -0.05) is 12.1 Å². The number of hydrogen-bond acceptors (Lipinski definition) is 3. The summed E-state index contributed by atoms with van der Waals surface area (Å²) in [6.07, 6.45) is 1.92. The lowest BCUT2D eigenvalue weighted by molar-refractivity contribution is 0.517. The monoisotopic (exact) mass is 247 g/mol. The smallest absolute Gasteiger partial charge is 0.129 e. The molecule has 0 aliphatic heterocycles. The molecule has 0 aromatic carbocycles. The van der Waals surface area contributed by atoms with Gasteiger partial charge in [-0.2, -0.15) is 0 Å². The fourth-order valence-corrected chi connectivity index (χ4v) is 1.94. The van der Waals surface area contributed by atoms with E-state index >= 15 is 0 Å². The molecule has 0 saturated heterocycles. The Balaban J connectivity index is 3.07. The van der Waals surface area contributed by atoms with E-state index in [1.54, 1.807) is 0 Å². The number of nitrogens with zero attached hydrogens (tertiary/aromatic N) is 2. The summed E-state index contributed by atoms with van der Waals surface area (Å²) in [5.41, 5.74) is 2.37. The highest BCUT2D eigenvalue weighted by molar-refractivity contribution is 5.44. The summed E-state index contributed by atoms with van der Waals surface area (Å²) >= 11 is 0. The van der Waals surface area contributed by atoms with E-state index in [0.29, 0.717) is 0 Å². The molecule has 1 aromatic rings. The second kappa shape index (κ2) is 6.01. The van der Waals surface area contributed by atoms with Crippen LogP contribution in [0.1, 0.15) is 32.0 Å². The van der Waals surface area contributed by atoms with Gasteiger partial charge in [0.1, 0.15) is 5.82 Å². The molecule has 0 unspecified atom stereocenters. The Kier molecular flexibility index (Phi) is 4.91. The summed E-state index contributed by atoms with van der Waals surface area (Å²) in [4.78, 5) is 6.98. The zero-order valence-corrected chi connectivity index (χ0v) is 12.2. The van der Waals surface area contributed by atoms with E-state index in [1.165, 1.54) is 5.56 Å². The molecule has 1 rings (SSSR count). The SMILES string of the molecule is C=CCN(c1ccc(CNC)c(C)n1)C(C)(C)C. The highest BCUT2D eigenvalue weighted by atomic mass is 15.2. The maximum Gasteiger partial charge on any atom is 0.129 e. The first-order chi connectivity index (χ1) is 8.40. The molecule has 1 aromatic heterocycles. The number of rotatable bonds is 5. The van der Waals surface area contributed by atoms with Crippen molar-refractivity contribution in [1.82, 2.24) is 10.3 Å². The van der Waals surface area contributed by atoms with Crippen molar-refractivity contribution in [2.24, 2.45) is 0 Å². The van der Waals surface area contributed by atoms with Gasteiger partial charge in [0, 0.05) is 24.3 Å². The van der Waals surface area contributed by atoms with Crippen LogP contribution in [-0.2, 0) is 6.54 Å². The lowest BCUT2D eigenvalue weighted by Gasteiger charge is -2.36. The number of pyridine rings is 1. The van der Waals surface area contributed by atoms with Crippen molar-refractivity contribution in [3.63, 3.8) is 0 Å². The fraction of sp³-hybridized carbons (Fsp3) is 0.533. The Morgan fingerprint density at radius 2 is 2.06 bits per heavy atom. The average molecular weight is 247 g/mol. The molecule has 0 saturated carbocycles. The molecule has 0 aliphatic carbocycles. The minimum absolute atomic E-state index is 0.0398. The second-order valence-corrected chi connectivity index (χ2v) is 5.51. The molecule has 0 fully saturated rings. The van der Waals surface area contributed by atoms with Gasteiger partial charge in [-0.25, -0.2) is 4.98 Å². The molecule has 0 atom stereocenters. The summed E-state index contributed by atoms with van der Waals surface area (Å²) < 4.78 is 0. The summed E-state index contributed by atoms with van der Waals surface area (Å²) in [5, 5.41) is 3.16. The van der Waals surface area contributed by atoms with Crippen LogP contribution >= 0.6 is 0 Å². The van der Waals surface area contributed by atoms with Crippen LogP contribution in [0.2, 0.25) is 0 Å². The number of nitrogens with one attached hydrogen (secondary N) is 1. The number of aryl methyl sites for hydroxylation is 1. The quantitative estimate of drug-likeness (QED) is 0.811. The zero-order chi connectivity index (χ0) is 13.8. The Morgan fingerprint density at radius 1 is 1.39 bits per heavy atom. The molecular formula is C15H25N3. The van der Waals surface area contributed by atoms with Gasteiger partial charge < -0.3 is 10.2 Å². The molecular weight excluding hydrogens is 222 g/mol. The van der Waals surface area contributed by atoms with Crippen molar-refractivity contribution in [1.29, 1.82) is 0 Å². The minimum atomic E-state index is 0.0398. The Bertz CT molecular complexity index is 405. The molecule has 3 heteroatoms. The molecule has 1 N–H and O–H groups in total. The van der Waals surface area contributed by atoms with E-state index in [9.17, 15) is 0 Å². The summed E-state index contributed by atoms with van der Waals surface area (Å²) in [6, 6.07) is 4.24. The number of anilines is 1. The maximum atomic E-state index is 4.72. The van der Waals surface area contributed by atoms with Crippen LogP contribution in [0.25, 0.3) is 0 Å². The summed E-state index contributed by atoms with van der Waals surface area (Å²) in [5.74, 6) is 1.01. The van der Waals surface area contributed by atoms with Gasteiger partial charge in [-0.15, -0.1) is 6.58 Å². The van der Waals surface area contributed by atoms with Crippen molar-refractivity contribution in [2.45, 2.75) is 39.8 Å². The van der Waals surface area contributed by atoms with Crippen LogP contribution in [0, 0.1) is 6.92 Å². The summed E-state index contributed by atoms with van der Waals surface area (Å²) in [7, 11) is 1.95. The minimum Gasteiger partial charge on any atom is -0.348 e. The largest absolute Gasteiger partial charge is 0.348 e. The summed E-state index contributed by atoms with van der Waals surface area (Å²) in [6.45, 7) is 14.1. The second-order valence-electron chi connectivity index (χ2n) is 5.51. The van der Waals surface area contributed by atoms with Gasteiger partial charge >= 0.3 is 0 Å². The first-order valence-corrected chi connectivity index (χ1v) is 6.39. The first-order valence-electron chi connectivity index (χ1n) is 6.39. The van der Waals surface area contributed by atoms with Crippen molar-refractivity contribution in [3.8, 4) is 0 Å². The van der Waals surface area contributed by atoms with Crippen molar-refractivity contribution >= 4 is 5.82 Å². The van der Waals surface area contributed by atoms with Gasteiger partial charge in [-0.3, -0.25) is 0 Å². The van der Waals surface area contributed by atoms with Crippen molar-refractivity contribution < 1.29 is 0 Å². The van der Waals surface area contributed by atoms with Gasteiger partial charge in [-0.05, 0) is 46.4 Å². The molecule has 100 valence electrons. The normalized spacial score (nSPS) is 11.4. The van der Waals surface area contributed by atoms with Gasteiger partial charge in [0.15, 0.2) is 0 Å². The van der Waals surface area contributed by atoms with Gasteiger partial charge in [0.05, 0.1) is 0 Å². The molecule has 0 amide bonds. The van der Waals surface area contributed by atoms with E-state index in [2.05, 4.69) is 56.6 Å². The van der Waals surface area contributed by atoms with E-state index in [-0.39, 0.29) is 5.54 Å². The zero-order valence-electron chi connectivity index (χ0n) is 12.2. The maximum absolute atomic E-state index is 4.72. The van der Waals surface area contributed by atoms with Crippen LogP contribution in [0.4, 0.5) is 5.82 Å². The molecule has 3 nitrogen and oxygen atoms in total. The van der Waals surface area contributed by atoms with E-state index in [1.807, 2.05) is 13.1 Å². The highest BCUT2D eigenvalue weighted by Gasteiger charge is 2.21. The topological polar surface area (TPSA) is 28.2 Å². The van der Waals surface area contributed by atoms with Crippen LogP contribution in [0.5, 0.6) is 0 Å². The predicted octanol–water partition coefficient (Wildman–Crippen LogP) is 2.90. The number of hydrogen-bond donors (Lipinski definition) is 1. The highest BCUT2D eigenvalue weighted by Crippen LogP contribution is 2.23. The predicted molar refractivity (Wildman–Crippen MR) is 79.0 cm³/mol. The molecule has 0 bridgehead atoms. The van der Waals surface area contributed by atoms with Crippen LogP contribution in [0.15, 0.2) is 24.8 Å². The Hall–Kier alpha value is -1.35. The van der Waals surface area contributed by atoms with Crippen LogP contribution < -0.4 is 10.2 Å². The molecule has 18 heavy (non-hydrogen) atoms. The molecule has 1 heterocycles. The van der Waals surface area contributed by atoms with E-state index in [0.717, 1.165) is 24.6 Å². The van der Waals surface area contributed by atoms with Crippen LogP contribution in [-0.4, -0.2) is 24.1 Å².